The highest BCUT2D eigenvalue weighted by Crippen LogP contribution is 2.61. The van der Waals surface area contributed by atoms with Crippen molar-refractivity contribution < 1.29 is 18.7 Å². The standard InChI is InChI=1S/C22H32FN3O3/c1-14(2)29-21(27)26-8-4-5-15(3)19(26)13-28-18-6-7-22(10-16(22)9-18)20-24-11-17(23)12-25-20/h11-12,14-16,18-19H,4-10,13H2,1-3H3/t15-,16?,18?,19-,22?/m0/s1. The molecular formula is C22H32FN3O3. The van der Waals surface area contributed by atoms with Gasteiger partial charge in [-0.2, -0.15) is 0 Å². The minimum absolute atomic E-state index is 0.0266. The van der Waals surface area contributed by atoms with Crippen LogP contribution in [-0.4, -0.2) is 52.4 Å². The first-order chi connectivity index (χ1) is 13.9. The summed E-state index contributed by atoms with van der Waals surface area (Å²) < 4.78 is 24.9. The summed E-state index contributed by atoms with van der Waals surface area (Å²) >= 11 is 0. The summed E-state index contributed by atoms with van der Waals surface area (Å²) in [5.41, 5.74) is 0.0266. The van der Waals surface area contributed by atoms with Gasteiger partial charge in [0.2, 0.25) is 0 Å². The van der Waals surface area contributed by atoms with Crippen molar-refractivity contribution in [3.8, 4) is 0 Å². The summed E-state index contributed by atoms with van der Waals surface area (Å²) in [5, 5.41) is 0. The van der Waals surface area contributed by atoms with Gasteiger partial charge in [0.05, 0.1) is 37.3 Å². The first-order valence-electron chi connectivity index (χ1n) is 11.0. The molecule has 2 aliphatic carbocycles. The minimum Gasteiger partial charge on any atom is -0.447 e. The zero-order chi connectivity index (χ0) is 20.6. The zero-order valence-corrected chi connectivity index (χ0v) is 17.6. The fourth-order valence-corrected chi connectivity index (χ4v) is 5.19. The average molecular weight is 406 g/mol. The van der Waals surface area contributed by atoms with E-state index in [1.807, 2.05) is 18.7 Å². The lowest BCUT2D eigenvalue weighted by Gasteiger charge is -2.40. The molecule has 0 radical (unpaired) electrons. The normalized spacial score (nSPS) is 34.0. The molecule has 1 saturated heterocycles. The Hall–Kier alpha value is -1.76. The van der Waals surface area contributed by atoms with Gasteiger partial charge in [-0.25, -0.2) is 19.2 Å². The SMILES string of the molecule is CC(C)OC(=O)N1CCC[C@H](C)[C@@H]1COC1CCC2(c3ncc(F)cn3)CC2C1. The highest BCUT2D eigenvalue weighted by atomic mass is 19.1. The monoisotopic (exact) mass is 405 g/mol. The number of aromatic nitrogens is 2. The molecule has 0 bridgehead atoms. The van der Waals surface area contributed by atoms with Crippen molar-refractivity contribution in [2.45, 2.75) is 83.0 Å². The van der Waals surface area contributed by atoms with Crippen molar-refractivity contribution in [2.75, 3.05) is 13.2 Å². The van der Waals surface area contributed by atoms with E-state index < -0.39 is 0 Å². The number of carbonyl (C=O) groups is 1. The van der Waals surface area contributed by atoms with Crippen molar-refractivity contribution in [2.24, 2.45) is 11.8 Å². The van der Waals surface area contributed by atoms with Gasteiger partial charge in [0, 0.05) is 12.0 Å². The number of fused-ring (bicyclic) bond motifs is 1. The molecule has 0 spiro atoms. The van der Waals surface area contributed by atoms with Crippen molar-refractivity contribution >= 4 is 6.09 Å². The lowest BCUT2D eigenvalue weighted by molar-refractivity contribution is -0.0374. The molecule has 3 unspecified atom stereocenters. The maximum atomic E-state index is 13.1. The fourth-order valence-electron chi connectivity index (χ4n) is 5.19. The summed E-state index contributed by atoms with van der Waals surface area (Å²) in [6.45, 7) is 7.26. The quantitative estimate of drug-likeness (QED) is 0.738. The van der Waals surface area contributed by atoms with E-state index in [1.165, 1.54) is 12.4 Å². The van der Waals surface area contributed by atoms with Crippen LogP contribution in [0.15, 0.2) is 12.4 Å². The fraction of sp³-hybridized carbons (Fsp3) is 0.773. The number of rotatable bonds is 5. The van der Waals surface area contributed by atoms with Crippen LogP contribution in [0.1, 0.15) is 65.1 Å². The van der Waals surface area contributed by atoms with Crippen molar-refractivity contribution in [1.29, 1.82) is 0 Å². The van der Waals surface area contributed by atoms with E-state index in [4.69, 9.17) is 9.47 Å². The van der Waals surface area contributed by atoms with E-state index in [0.29, 0.717) is 18.4 Å². The van der Waals surface area contributed by atoms with Crippen LogP contribution in [0, 0.1) is 17.7 Å². The molecule has 2 saturated carbocycles. The largest absolute Gasteiger partial charge is 0.447 e. The second-order valence-electron chi connectivity index (χ2n) is 9.32. The molecule has 2 heterocycles. The number of nitrogens with zero attached hydrogens (tertiary/aromatic N) is 3. The Morgan fingerprint density at radius 1 is 1.34 bits per heavy atom. The number of likely N-dealkylation sites (tertiary alicyclic amines) is 1. The number of hydrogen-bond acceptors (Lipinski definition) is 5. The molecular weight excluding hydrogens is 373 g/mol. The van der Waals surface area contributed by atoms with Crippen molar-refractivity contribution in [3.05, 3.63) is 24.0 Å². The maximum absolute atomic E-state index is 13.1. The lowest BCUT2D eigenvalue weighted by Crippen LogP contribution is -2.51. The Kier molecular flexibility index (Phi) is 5.78. The Morgan fingerprint density at radius 2 is 2.10 bits per heavy atom. The molecule has 7 heteroatoms. The number of hydrogen-bond donors (Lipinski definition) is 0. The number of carbonyl (C=O) groups excluding carboxylic acids is 1. The van der Waals surface area contributed by atoms with Gasteiger partial charge in [0.1, 0.15) is 5.82 Å². The van der Waals surface area contributed by atoms with Gasteiger partial charge in [0.25, 0.3) is 0 Å². The topological polar surface area (TPSA) is 64.5 Å². The zero-order valence-electron chi connectivity index (χ0n) is 17.6. The summed E-state index contributed by atoms with van der Waals surface area (Å²) in [4.78, 5) is 22.8. The second-order valence-corrected chi connectivity index (χ2v) is 9.32. The minimum atomic E-state index is -0.387. The van der Waals surface area contributed by atoms with E-state index >= 15 is 0 Å². The van der Waals surface area contributed by atoms with Crippen LogP contribution < -0.4 is 0 Å². The highest BCUT2D eigenvalue weighted by Gasteiger charge is 2.60. The van der Waals surface area contributed by atoms with Gasteiger partial charge in [0.15, 0.2) is 5.82 Å². The van der Waals surface area contributed by atoms with Crippen molar-refractivity contribution in [3.63, 3.8) is 0 Å². The van der Waals surface area contributed by atoms with E-state index in [1.54, 1.807) is 0 Å². The molecule has 1 amide bonds. The molecule has 160 valence electrons. The van der Waals surface area contributed by atoms with E-state index in [0.717, 1.165) is 50.9 Å². The molecule has 3 aliphatic rings. The van der Waals surface area contributed by atoms with Crippen LogP contribution in [0.2, 0.25) is 0 Å². The molecule has 4 rings (SSSR count). The van der Waals surface area contributed by atoms with Crippen LogP contribution in [0.5, 0.6) is 0 Å². The van der Waals surface area contributed by atoms with Crippen LogP contribution in [0.4, 0.5) is 9.18 Å². The van der Waals surface area contributed by atoms with E-state index in [2.05, 4.69) is 16.9 Å². The predicted molar refractivity (Wildman–Crippen MR) is 106 cm³/mol. The van der Waals surface area contributed by atoms with Gasteiger partial charge < -0.3 is 14.4 Å². The number of halogens is 1. The molecule has 0 aromatic carbocycles. The molecule has 6 nitrogen and oxygen atoms in total. The van der Waals surface area contributed by atoms with Gasteiger partial charge in [-0.1, -0.05) is 6.92 Å². The Bertz CT molecular complexity index is 729. The van der Waals surface area contributed by atoms with E-state index in [-0.39, 0.29) is 35.6 Å². The number of piperidine rings is 1. The molecule has 1 aromatic rings. The van der Waals surface area contributed by atoms with Crippen LogP contribution >= 0.6 is 0 Å². The highest BCUT2D eigenvalue weighted by molar-refractivity contribution is 5.68. The first-order valence-corrected chi connectivity index (χ1v) is 11.0. The molecule has 5 atom stereocenters. The van der Waals surface area contributed by atoms with Crippen molar-refractivity contribution in [1.82, 2.24) is 14.9 Å². The van der Waals surface area contributed by atoms with Gasteiger partial charge in [-0.05, 0) is 64.2 Å². The Morgan fingerprint density at radius 3 is 2.79 bits per heavy atom. The van der Waals surface area contributed by atoms with Gasteiger partial charge in [-0.15, -0.1) is 0 Å². The van der Waals surface area contributed by atoms with Gasteiger partial charge in [-0.3, -0.25) is 0 Å². The van der Waals surface area contributed by atoms with Crippen LogP contribution in [-0.2, 0) is 14.9 Å². The van der Waals surface area contributed by atoms with Crippen LogP contribution in [0.25, 0.3) is 0 Å². The Balaban J connectivity index is 1.32. The third-order valence-corrected chi connectivity index (χ3v) is 6.95. The summed E-state index contributed by atoms with van der Waals surface area (Å²) in [5.74, 6) is 1.31. The molecule has 1 aromatic heterocycles. The average Bonchev–Trinajstić information content (AvgIpc) is 3.41. The summed E-state index contributed by atoms with van der Waals surface area (Å²) in [6.07, 6.45) is 8.50. The third-order valence-electron chi connectivity index (χ3n) is 6.95. The first kappa shape index (κ1) is 20.5. The molecule has 29 heavy (non-hydrogen) atoms. The second kappa shape index (κ2) is 8.17. The predicted octanol–water partition coefficient (Wildman–Crippen LogP) is 4.09. The lowest BCUT2D eigenvalue weighted by atomic mass is 9.86. The number of amides is 1. The molecule has 3 fully saturated rings. The summed E-state index contributed by atoms with van der Waals surface area (Å²) in [7, 11) is 0. The van der Waals surface area contributed by atoms with E-state index in [9.17, 15) is 9.18 Å². The van der Waals surface area contributed by atoms with Gasteiger partial charge >= 0.3 is 6.09 Å². The third kappa shape index (κ3) is 4.25. The number of ether oxygens (including phenoxy) is 2. The summed E-state index contributed by atoms with van der Waals surface area (Å²) in [6, 6.07) is 0.0707. The molecule has 1 aliphatic heterocycles. The molecule has 0 N–H and O–H groups in total. The Labute approximate surface area is 172 Å². The van der Waals surface area contributed by atoms with Crippen LogP contribution in [0.3, 0.4) is 0 Å². The maximum Gasteiger partial charge on any atom is 0.410 e. The smallest absolute Gasteiger partial charge is 0.410 e.